The monoisotopic (exact) mass is 304 g/mol. The van der Waals surface area contributed by atoms with Crippen LogP contribution in [0, 0.1) is 5.41 Å². The summed E-state index contributed by atoms with van der Waals surface area (Å²) in [5, 5.41) is 2.82. The van der Waals surface area contributed by atoms with E-state index in [9.17, 15) is 9.59 Å². The molecule has 1 aromatic carbocycles. The van der Waals surface area contributed by atoms with Gasteiger partial charge in [-0.05, 0) is 19.4 Å². The summed E-state index contributed by atoms with van der Waals surface area (Å²) in [5.41, 5.74) is 0.688. The number of carbonyl (C=O) groups is 2. The average Bonchev–Trinajstić information content (AvgIpc) is 2.44. The first-order valence-corrected chi connectivity index (χ1v) is 7.83. The Bertz CT molecular complexity index is 490. The molecule has 0 aromatic heterocycles. The highest BCUT2D eigenvalue weighted by atomic mass is 16.2. The number of hydrogen-bond donors (Lipinski definition) is 1. The van der Waals surface area contributed by atoms with Crippen LogP contribution in [0.4, 0.5) is 0 Å². The van der Waals surface area contributed by atoms with Crippen LogP contribution >= 0.6 is 0 Å². The number of amides is 2. The molecule has 0 aliphatic heterocycles. The Hall–Kier alpha value is -1.84. The molecule has 0 aliphatic carbocycles. The third-order valence-electron chi connectivity index (χ3n) is 3.45. The van der Waals surface area contributed by atoms with E-state index in [0.29, 0.717) is 19.5 Å². The molecule has 1 aromatic rings. The van der Waals surface area contributed by atoms with Gasteiger partial charge >= 0.3 is 0 Å². The molecule has 0 spiro atoms. The summed E-state index contributed by atoms with van der Waals surface area (Å²) in [6.45, 7) is 10.6. The van der Waals surface area contributed by atoms with Crippen molar-refractivity contribution >= 4 is 11.8 Å². The summed E-state index contributed by atoms with van der Waals surface area (Å²) >= 11 is 0. The van der Waals surface area contributed by atoms with Gasteiger partial charge in [-0.3, -0.25) is 9.59 Å². The molecule has 2 amide bonds. The standard InChI is InChI=1S/C18H28N2O2/c1-14(2)20(13-15-9-7-6-8-10-15)16(21)11-12-19-17(22)18(3,4)5/h6-10,14H,11-13H2,1-5H3,(H,19,22). The molecule has 1 rings (SSSR count). The van der Waals surface area contributed by atoms with Crippen molar-refractivity contribution in [2.24, 2.45) is 5.41 Å². The zero-order chi connectivity index (χ0) is 16.8. The molecule has 4 nitrogen and oxygen atoms in total. The number of hydrogen-bond acceptors (Lipinski definition) is 2. The SMILES string of the molecule is CC(C)N(Cc1ccccc1)C(=O)CCNC(=O)C(C)(C)C. The van der Waals surface area contributed by atoms with E-state index in [1.807, 2.05) is 69.9 Å². The lowest BCUT2D eigenvalue weighted by Gasteiger charge is -2.27. The number of carbonyl (C=O) groups excluding carboxylic acids is 2. The Balaban J connectivity index is 2.54. The second-order valence-electron chi connectivity index (χ2n) is 6.86. The van der Waals surface area contributed by atoms with E-state index >= 15 is 0 Å². The maximum atomic E-state index is 12.4. The Labute approximate surface area is 133 Å². The molecule has 0 radical (unpaired) electrons. The molecule has 0 atom stereocenters. The van der Waals surface area contributed by atoms with E-state index in [0.717, 1.165) is 5.56 Å². The lowest BCUT2D eigenvalue weighted by Crippen LogP contribution is -2.40. The molecule has 0 bridgehead atoms. The van der Waals surface area contributed by atoms with Crippen LogP contribution in [0.2, 0.25) is 0 Å². The van der Waals surface area contributed by atoms with Crippen molar-refractivity contribution in [1.82, 2.24) is 10.2 Å². The minimum atomic E-state index is -0.426. The Morgan fingerprint density at radius 2 is 1.73 bits per heavy atom. The second kappa shape index (κ2) is 7.97. The van der Waals surface area contributed by atoms with E-state index in [4.69, 9.17) is 0 Å². The summed E-state index contributed by atoms with van der Waals surface area (Å²) in [6.07, 6.45) is 0.326. The smallest absolute Gasteiger partial charge is 0.225 e. The van der Waals surface area contributed by atoms with Crippen LogP contribution in [0.15, 0.2) is 30.3 Å². The molecule has 0 heterocycles. The van der Waals surface area contributed by atoms with Crippen LogP contribution < -0.4 is 5.32 Å². The highest BCUT2D eigenvalue weighted by Crippen LogP contribution is 2.13. The molecule has 0 saturated heterocycles. The maximum absolute atomic E-state index is 12.4. The van der Waals surface area contributed by atoms with Crippen molar-refractivity contribution in [3.63, 3.8) is 0 Å². The molecule has 0 saturated carbocycles. The van der Waals surface area contributed by atoms with Gasteiger partial charge in [-0.1, -0.05) is 51.1 Å². The fourth-order valence-corrected chi connectivity index (χ4v) is 2.03. The first-order valence-electron chi connectivity index (χ1n) is 7.83. The summed E-state index contributed by atoms with van der Waals surface area (Å²) in [5.74, 6) is 0.0347. The summed E-state index contributed by atoms with van der Waals surface area (Å²) in [7, 11) is 0. The highest BCUT2D eigenvalue weighted by molar-refractivity contribution is 5.82. The van der Waals surface area contributed by atoms with Crippen molar-refractivity contribution in [3.8, 4) is 0 Å². The zero-order valence-corrected chi connectivity index (χ0v) is 14.3. The van der Waals surface area contributed by atoms with E-state index in [2.05, 4.69) is 5.32 Å². The Morgan fingerprint density at radius 1 is 1.14 bits per heavy atom. The van der Waals surface area contributed by atoms with Crippen molar-refractivity contribution in [1.29, 1.82) is 0 Å². The van der Waals surface area contributed by atoms with Gasteiger partial charge in [-0.15, -0.1) is 0 Å². The number of nitrogens with zero attached hydrogens (tertiary/aromatic N) is 1. The third-order valence-corrected chi connectivity index (χ3v) is 3.45. The van der Waals surface area contributed by atoms with Crippen LogP contribution in [0.25, 0.3) is 0 Å². The fraction of sp³-hybridized carbons (Fsp3) is 0.556. The van der Waals surface area contributed by atoms with Gasteiger partial charge in [-0.2, -0.15) is 0 Å². The molecule has 0 fully saturated rings. The number of benzene rings is 1. The Kier molecular flexibility index (Phi) is 6.60. The van der Waals surface area contributed by atoms with Crippen LogP contribution in [0.1, 0.15) is 46.6 Å². The fourth-order valence-electron chi connectivity index (χ4n) is 2.03. The second-order valence-corrected chi connectivity index (χ2v) is 6.86. The van der Waals surface area contributed by atoms with Crippen molar-refractivity contribution < 1.29 is 9.59 Å². The molecule has 122 valence electrons. The molecule has 1 N–H and O–H groups in total. The van der Waals surface area contributed by atoms with E-state index in [-0.39, 0.29) is 17.9 Å². The van der Waals surface area contributed by atoms with Gasteiger partial charge in [0.2, 0.25) is 11.8 Å². The predicted octanol–water partition coefficient (Wildman–Crippen LogP) is 2.98. The van der Waals surface area contributed by atoms with E-state index in [1.165, 1.54) is 0 Å². The molecular weight excluding hydrogens is 276 g/mol. The molecule has 0 unspecified atom stereocenters. The topological polar surface area (TPSA) is 49.4 Å². The van der Waals surface area contributed by atoms with Crippen LogP contribution in [-0.2, 0) is 16.1 Å². The summed E-state index contributed by atoms with van der Waals surface area (Å²) in [6, 6.07) is 10.1. The summed E-state index contributed by atoms with van der Waals surface area (Å²) < 4.78 is 0. The highest BCUT2D eigenvalue weighted by Gasteiger charge is 2.22. The van der Waals surface area contributed by atoms with Crippen LogP contribution in [0.3, 0.4) is 0 Å². The summed E-state index contributed by atoms with van der Waals surface area (Å²) in [4.78, 5) is 26.0. The van der Waals surface area contributed by atoms with E-state index in [1.54, 1.807) is 0 Å². The van der Waals surface area contributed by atoms with Gasteiger partial charge in [-0.25, -0.2) is 0 Å². The third kappa shape index (κ3) is 5.88. The normalized spacial score (nSPS) is 11.4. The lowest BCUT2D eigenvalue weighted by atomic mass is 9.96. The van der Waals surface area contributed by atoms with Gasteiger partial charge in [0.25, 0.3) is 0 Å². The predicted molar refractivity (Wildman–Crippen MR) is 89.2 cm³/mol. The molecule has 0 aliphatic rings. The first-order chi connectivity index (χ1) is 10.2. The number of nitrogens with one attached hydrogen (secondary N) is 1. The van der Waals surface area contributed by atoms with Gasteiger partial charge in [0, 0.05) is 31.0 Å². The lowest BCUT2D eigenvalue weighted by molar-refractivity contribution is -0.133. The quantitative estimate of drug-likeness (QED) is 0.878. The van der Waals surface area contributed by atoms with Gasteiger partial charge in [0.05, 0.1) is 0 Å². The molecule has 22 heavy (non-hydrogen) atoms. The van der Waals surface area contributed by atoms with E-state index < -0.39 is 5.41 Å². The van der Waals surface area contributed by atoms with Crippen molar-refractivity contribution in [3.05, 3.63) is 35.9 Å². The van der Waals surface area contributed by atoms with Crippen molar-refractivity contribution in [2.45, 2.75) is 53.6 Å². The van der Waals surface area contributed by atoms with Crippen molar-refractivity contribution in [2.75, 3.05) is 6.54 Å². The number of rotatable bonds is 6. The Morgan fingerprint density at radius 3 is 2.23 bits per heavy atom. The van der Waals surface area contributed by atoms with Crippen LogP contribution in [-0.4, -0.2) is 29.3 Å². The largest absolute Gasteiger partial charge is 0.355 e. The minimum Gasteiger partial charge on any atom is -0.355 e. The molecule has 4 heteroatoms. The first kappa shape index (κ1) is 18.2. The minimum absolute atomic E-state index is 0.0283. The zero-order valence-electron chi connectivity index (χ0n) is 14.3. The van der Waals surface area contributed by atoms with Gasteiger partial charge < -0.3 is 10.2 Å². The van der Waals surface area contributed by atoms with Crippen LogP contribution in [0.5, 0.6) is 0 Å². The molecular formula is C18H28N2O2. The average molecular weight is 304 g/mol. The van der Waals surface area contributed by atoms with Gasteiger partial charge in [0.1, 0.15) is 0 Å². The maximum Gasteiger partial charge on any atom is 0.225 e. The van der Waals surface area contributed by atoms with Gasteiger partial charge in [0.15, 0.2) is 0 Å².